The third-order valence-corrected chi connectivity index (χ3v) is 4.75. The Labute approximate surface area is 171 Å². The largest absolute Gasteiger partial charge is 0.493 e. The highest BCUT2D eigenvalue weighted by atomic mass is 35.5. The Kier molecular flexibility index (Phi) is 6.60. The molecule has 0 fully saturated rings. The number of methoxy groups -OCH3 is 1. The molecule has 0 saturated heterocycles. The van der Waals surface area contributed by atoms with Gasteiger partial charge in [-0.2, -0.15) is 0 Å². The van der Waals surface area contributed by atoms with Gasteiger partial charge in [-0.1, -0.05) is 41.4 Å². The lowest BCUT2D eigenvalue weighted by atomic mass is 10.1. The highest BCUT2D eigenvalue weighted by Gasteiger charge is 2.14. The fourth-order valence-corrected chi connectivity index (χ4v) is 3.04. The monoisotopic (exact) mass is 423 g/mol. The van der Waals surface area contributed by atoms with Crippen LogP contribution in [0, 0.1) is 11.6 Å². The summed E-state index contributed by atoms with van der Waals surface area (Å²) in [6.07, 6.45) is 0. The molecule has 0 heterocycles. The number of rotatable bonds is 7. The van der Waals surface area contributed by atoms with Gasteiger partial charge in [0.2, 0.25) is 0 Å². The van der Waals surface area contributed by atoms with Crippen molar-refractivity contribution < 1.29 is 18.3 Å². The van der Waals surface area contributed by atoms with Crippen molar-refractivity contribution in [3.63, 3.8) is 0 Å². The summed E-state index contributed by atoms with van der Waals surface area (Å²) >= 11 is 11.9. The molecule has 7 heteroatoms. The smallest absolute Gasteiger partial charge is 0.166 e. The molecule has 3 aromatic rings. The van der Waals surface area contributed by atoms with E-state index in [4.69, 9.17) is 32.7 Å². The molecular formula is C21H17Cl2F2NO2. The molecule has 0 unspecified atom stereocenters. The molecule has 3 aromatic carbocycles. The summed E-state index contributed by atoms with van der Waals surface area (Å²) in [4.78, 5) is 0. The van der Waals surface area contributed by atoms with Crippen LogP contribution in [0.3, 0.4) is 0 Å². The van der Waals surface area contributed by atoms with Gasteiger partial charge in [-0.3, -0.25) is 0 Å². The van der Waals surface area contributed by atoms with Crippen LogP contribution in [0.4, 0.5) is 14.5 Å². The van der Waals surface area contributed by atoms with Crippen LogP contribution >= 0.6 is 23.2 Å². The lowest BCUT2D eigenvalue weighted by Crippen LogP contribution is -2.06. The van der Waals surface area contributed by atoms with E-state index in [1.54, 1.807) is 18.2 Å². The Hall–Kier alpha value is -2.50. The summed E-state index contributed by atoms with van der Waals surface area (Å²) < 4.78 is 38.6. The molecule has 0 aliphatic rings. The minimum Gasteiger partial charge on any atom is -0.493 e. The van der Waals surface area contributed by atoms with E-state index in [9.17, 15) is 8.78 Å². The van der Waals surface area contributed by atoms with Crippen molar-refractivity contribution in [3.8, 4) is 11.5 Å². The van der Waals surface area contributed by atoms with Crippen LogP contribution in [0.1, 0.15) is 11.1 Å². The molecule has 0 atom stereocenters. The molecule has 0 saturated carbocycles. The predicted octanol–water partition coefficient (Wildman–Crippen LogP) is 6.47. The van der Waals surface area contributed by atoms with Crippen LogP contribution in [0.5, 0.6) is 11.5 Å². The summed E-state index contributed by atoms with van der Waals surface area (Å²) in [5, 5.41) is 3.47. The lowest BCUT2D eigenvalue weighted by Gasteiger charge is -2.17. The third kappa shape index (κ3) is 4.66. The van der Waals surface area contributed by atoms with Crippen LogP contribution in [-0.2, 0) is 13.2 Å². The second-order valence-corrected chi connectivity index (χ2v) is 6.73. The average molecular weight is 424 g/mol. The van der Waals surface area contributed by atoms with Gasteiger partial charge >= 0.3 is 0 Å². The molecule has 3 rings (SSSR count). The van der Waals surface area contributed by atoms with Gasteiger partial charge in [0.05, 0.1) is 17.2 Å². The normalized spacial score (nSPS) is 10.6. The maximum Gasteiger partial charge on any atom is 0.166 e. The fraction of sp³-hybridized carbons (Fsp3) is 0.143. The number of anilines is 1. The molecule has 28 heavy (non-hydrogen) atoms. The van der Waals surface area contributed by atoms with Crippen molar-refractivity contribution in [3.05, 3.63) is 87.4 Å². The van der Waals surface area contributed by atoms with E-state index < -0.39 is 11.6 Å². The third-order valence-electron chi connectivity index (χ3n) is 4.11. The Morgan fingerprint density at radius 3 is 2.43 bits per heavy atom. The number of hydrogen-bond acceptors (Lipinski definition) is 3. The number of benzene rings is 3. The van der Waals surface area contributed by atoms with Crippen LogP contribution < -0.4 is 14.8 Å². The van der Waals surface area contributed by atoms with Gasteiger partial charge in [0.15, 0.2) is 11.5 Å². The van der Waals surface area contributed by atoms with Crippen LogP contribution in [0.15, 0.2) is 54.6 Å². The molecule has 0 aliphatic heterocycles. The average Bonchev–Trinajstić information content (AvgIpc) is 2.68. The summed E-state index contributed by atoms with van der Waals surface area (Å²) in [7, 11) is 1.52. The topological polar surface area (TPSA) is 30.5 Å². The number of nitrogens with one attached hydrogen (secondary N) is 1. The maximum absolute atomic E-state index is 14.0. The Bertz CT molecular complexity index is 962. The van der Waals surface area contributed by atoms with Gasteiger partial charge in [0.1, 0.15) is 18.2 Å². The first-order valence-corrected chi connectivity index (χ1v) is 9.15. The predicted molar refractivity (Wildman–Crippen MR) is 107 cm³/mol. The molecule has 3 nitrogen and oxygen atoms in total. The van der Waals surface area contributed by atoms with E-state index >= 15 is 0 Å². The van der Waals surface area contributed by atoms with Gasteiger partial charge in [-0.25, -0.2) is 8.78 Å². The van der Waals surface area contributed by atoms with E-state index in [0.29, 0.717) is 23.7 Å². The molecule has 0 radical (unpaired) electrons. The number of hydrogen-bond donors (Lipinski definition) is 1. The maximum atomic E-state index is 14.0. The fourth-order valence-electron chi connectivity index (χ4n) is 2.64. The van der Waals surface area contributed by atoms with Gasteiger partial charge in [-0.15, -0.1) is 0 Å². The van der Waals surface area contributed by atoms with Crippen LogP contribution in [0.2, 0.25) is 10.0 Å². The molecule has 146 valence electrons. The zero-order valence-corrected chi connectivity index (χ0v) is 16.5. The molecule has 0 aromatic heterocycles. The Balaban J connectivity index is 1.81. The molecule has 1 N–H and O–H groups in total. The van der Waals surface area contributed by atoms with E-state index in [2.05, 4.69) is 5.32 Å². The zero-order chi connectivity index (χ0) is 20.1. The minimum absolute atomic E-state index is 0.0290. The van der Waals surface area contributed by atoms with E-state index in [0.717, 1.165) is 5.56 Å². The standard InChI is InChI=1S/C21H17Cl2F2NO2/c1-27-20-7-2-4-13(11-26-14-8-9-19(25)17(23)10-14)21(20)28-12-15-16(22)5-3-6-18(15)24/h2-10,26H,11-12H2,1H3. The van der Waals surface area contributed by atoms with Crippen molar-refractivity contribution in [2.24, 2.45) is 0 Å². The van der Waals surface area contributed by atoms with E-state index in [1.807, 2.05) is 12.1 Å². The lowest BCUT2D eigenvalue weighted by molar-refractivity contribution is 0.277. The summed E-state index contributed by atoms with van der Waals surface area (Å²) in [5.41, 5.74) is 1.68. The van der Waals surface area contributed by atoms with Crippen molar-refractivity contribution in [1.82, 2.24) is 0 Å². The highest BCUT2D eigenvalue weighted by molar-refractivity contribution is 6.31. The quantitative estimate of drug-likeness (QED) is 0.472. The first kappa shape index (κ1) is 20.2. The molecule has 0 aliphatic carbocycles. The first-order valence-electron chi connectivity index (χ1n) is 8.40. The van der Waals surface area contributed by atoms with Crippen LogP contribution in [0.25, 0.3) is 0 Å². The molecule has 0 spiro atoms. The Morgan fingerprint density at radius 1 is 0.929 bits per heavy atom. The van der Waals surface area contributed by atoms with Crippen molar-refractivity contribution in [2.45, 2.75) is 13.2 Å². The van der Waals surface area contributed by atoms with Gasteiger partial charge in [0.25, 0.3) is 0 Å². The number of para-hydroxylation sites is 1. The Morgan fingerprint density at radius 2 is 1.71 bits per heavy atom. The van der Waals surface area contributed by atoms with Gasteiger partial charge in [-0.05, 0) is 36.4 Å². The SMILES string of the molecule is COc1cccc(CNc2ccc(F)c(Cl)c2)c1OCc1c(F)cccc1Cl. The number of ether oxygens (including phenoxy) is 2. The van der Waals surface area contributed by atoms with Gasteiger partial charge < -0.3 is 14.8 Å². The molecule has 0 bridgehead atoms. The van der Waals surface area contributed by atoms with E-state index in [1.165, 1.54) is 31.4 Å². The van der Waals surface area contributed by atoms with Gasteiger partial charge in [0, 0.05) is 23.4 Å². The molecule has 0 amide bonds. The zero-order valence-electron chi connectivity index (χ0n) is 14.9. The van der Waals surface area contributed by atoms with Crippen molar-refractivity contribution >= 4 is 28.9 Å². The van der Waals surface area contributed by atoms with Crippen molar-refractivity contribution in [1.29, 1.82) is 0 Å². The minimum atomic E-state index is -0.487. The summed E-state index contributed by atoms with van der Waals surface area (Å²) in [6, 6.07) is 14.2. The summed E-state index contributed by atoms with van der Waals surface area (Å²) in [6.45, 7) is 0.306. The van der Waals surface area contributed by atoms with Crippen molar-refractivity contribution in [2.75, 3.05) is 12.4 Å². The molecular weight excluding hydrogens is 407 g/mol. The summed E-state index contributed by atoms with van der Waals surface area (Å²) in [5.74, 6) is 0.0383. The van der Waals surface area contributed by atoms with Crippen LogP contribution in [-0.4, -0.2) is 7.11 Å². The second kappa shape index (κ2) is 9.13. The van der Waals surface area contributed by atoms with E-state index in [-0.39, 0.29) is 22.2 Å². The second-order valence-electron chi connectivity index (χ2n) is 5.92. The first-order chi connectivity index (χ1) is 13.5. The highest BCUT2D eigenvalue weighted by Crippen LogP contribution is 2.33. The number of halogens is 4.